The number of nitrogens with zero attached hydrogens (tertiary/aromatic N) is 2. The highest BCUT2D eigenvalue weighted by atomic mass is 127. The molecule has 2 nitrogen and oxygen atoms in total. The molecular formula is C12H18ClIN2S. The third kappa shape index (κ3) is 5.30. The summed E-state index contributed by atoms with van der Waals surface area (Å²) in [7, 11) is 0. The van der Waals surface area contributed by atoms with Gasteiger partial charge in [-0.2, -0.15) is 0 Å². The Balaban J connectivity index is 2.86. The second-order valence-corrected chi connectivity index (χ2v) is 8.08. The topological polar surface area (TPSA) is 25.8 Å². The fourth-order valence-electron chi connectivity index (χ4n) is 1.26. The molecule has 0 saturated carbocycles. The van der Waals surface area contributed by atoms with Crippen molar-refractivity contribution in [3.05, 3.63) is 20.2 Å². The van der Waals surface area contributed by atoms with Gasteiger partial charge in [0.2, 0.25) is 0 Å². The minimum atomic E-state index is 0.226. The van der Waals surface area contributed by atoms with E-state index in [1.165, 1.54) is 0 Å². The van der Waals surface area contributed by atoms with E-state index in [0.717, 1.165) is 33.7 Å². The lowest BCUT2D eigenvalue weighted by Crippen LogP contribution is -2.10. The number of rotatable bonds is 4. The smallest absolute Gasteiger partial charge is 0.146 e. The summed E-state index contributed by atoms with van der Waals surface area (Å²) in [5.74, 6) is 1.66. The molecule has 0 bridgehead atoms. The van der Waals surface area contributed by atoms with Crippen LogP contribution in [0.25, 0.3) is 0 Å². The van der Waals surface area contributed by atoms with Crippen LogP contribution in [0.2, 0.25) is 5.15 Å². The minimum Gasteiger partial charge on any atom is -0.236 e. The first-order chi connectivity index (χ1) is 7.83. The van der Waals surface area contributed by atoms with Gasteiger partial charge in [-0.25, -0.2) is 9.97 Å². The van der Waals surface area contributed by atoms with E-state index in [4.69, 9.17) is 11.6 Å². The summed E-state index contributed by atoms with van der Waals surface area (Å²) in [5.41, 5.74) is 1.08. The van der Waals surface area contributed by atoms with Gasteiger partial charge in [-0.15, -0.1) is 11.8 Å². The van der Waals surface area contributed by atoms with Crippen molar-refractivity contribution in [1.29, 1.82) is 0 Å². The standard InChI is InChI=1S/C12H18ClIN2S/c1-5-6-8-10(14)11(13)16-9(15-8)7-17-12(2,3)4/h5-7H2,1-4H3. The van der Waals surface area contributed by atoms with Crippen LogP contribution < -0.4 is 0 Å². The van der Waals surface area contributed by atoms with Gasteiger partial charge in [0, 0.05) is 4.75 Å². The van der Waals surface area contributed by atoms with Gasteiger partial charge < -0.3 is 0 Å². The van der Waals surface area contributed by atoms with Crippen LogP contribution in [0.5, 0.6) is 0 Å². The van der Waals surface area contributed by atoms with E-state index >= 15 is 0 Å². The molecule has 0 aliphatic carbocycles. The molecule has 1 aromatic heterocycles. The van der Waals surface area contributed by atoms with Crippen LogP contribution in [0, 0.1) is 3.57 Å². The molecule has 5 heteroatoms. The van der Waals surface area contributed by atoms with Gasteiger partial charge in [0.1, 0.15) is 11.0 Å². The van der Waals surface area contributed by atoms with Crippen LogP contribution in [0.1, 0.15) is 45.6 Å². The second-order valence-electron chi connectivity index (χ2n) is 4.84. The van der Waals surface area contributed by atoms with Gasteiger partial charge in [0.25, 0.3) is 0 Å². The molecule has 0 aromatic carbocycles. The SMILES string of the molecule is CCCc1nc(CSC(C)(C)C)nc(Cl)c1I. The number of aromatic nitrogens is 2. The number of aryl methyl sites for hydroxylation is 1. The first kappa shape index (κ1) is 15.5. The van der Waals surface area contributed by atoms with Crippen molar-refractivity contribution in [3.63, 3.8) is 0 Å². The van der Waals surface area contributed by atoms with E-state index < -0.39 is 0 Å². The molecule has 17 heavy (non-hydrogen) atoms. The van der Waals surface area contributed by atoms with Gasteiger partial charge in [0.15, 0.2) is 0 Å². The Morgan fingerprint density at radius 2 is 1.94 bits per heavy atom. The third-order valence-electron chi connectivity index (χ3n) is 2.05. The zero-order valence-electron chi connectivity index (χ0n) is 10.7. The highest BCUT2D eigenvalue weighted by molar-refractivity contribution is 14.1. The van der Waals surface area contributed by atoms with Crippen molar-refractivity contribution in [2.45, 2.75) is 51.0 Å². The Morgan fingerprint density at radius 1 is 1.29 bits per heavy atom. The molecule has 0 saturated heterocycles. The normalized spacial score (nSPS) is 11.9. The molecule has 0 aliphatic heterocycles. The predicted molar refractivity (Wildman–Crippen MR) is 84.8 cm³/mol. The van der Waals surface area contributed by atoms with Gasteiger partial charge >= 0.3 is 0 Å². The maximum absolute atomic E-state index is 6.14. The summed E-state index contributed by atoms with van der Waals surface area (Å²) in [6.07, 6.45) is 2.04. The van der Waals surface area contributed by atoms with Gasteiger partial charge in [-0.1, -0.05) is 45.7 Å². The zero-order chi connectivity index (χ0) is 13.1. The van der Waals surface area contributed by atoms with E-state index in [1.807, 2.05) is 11.8 Å². The molecule has 96 valence electrons. The van der Waals surface area contributed by atoms with E-state index in [-0.39, 0.29) is 4.75 Å². The lowest BCUT2D eigenvalue weighted by Gasteiger charge is -2.17. The maximum atomic E-state index is 6.14. The van der Waals surface area contributed by atoms with Crippen LogP contribution in [0.15, 0.2) is 0 Å². The molecule has 1 rings (SSSR count). The molecule has 0 atom stereocenters. The predicted octanol–water partition coefficient (Wildman–Crippen LogP) is 4.72. The lowest BCUT2D eigenvalue weighted by molar-refractivity contribution is 0.797. The number of hydrogen-bond acceptors (Lipinski definition) is 3. The Hall–Kier alpha value is 0.450. The quantitative estimate of drug-likeness (QED) is 0.555. The molecule has 0 radical (unpaired) electrons. The molecule has 1 heterocycles. The molecule has 0 spiro atoms. The van der Waals surface area contributed by atoms with Crippen molar-refractivity contribution in [3.8, 4) is 0 Å². The van der Waals surface area contributed by atoms with E-state index in [2.05, 4.69) is 60.3 Å². The number of thioether (sulfide) groups is 1. The first-order valence-electron chi connectivity index (χ1n) is 5.68. The molecule has 1 aromatic rings. The summed E-state index contributed by atoms with van der Waals surface area (Å²) < 4.78 is 1.22. The largest absolute Gasteiger partial charge is 0.236 e. The highest BCUT2D eigenvalue weighted by Gasteiger charge is 2.14. The Bertz CT molecular complexity index is 391. The monoisotopic (exact) mass is 384 g/mol. The van der Waals surface area contributed by atoms with E-state index in [9.17, 15) is 0 Å². The fraction of sp³-hybridized carbons (Fsp3) is 0.667. The summed E-state index contributed by atoms with van der Waals surface area (Å²) in [6, 6.07) is 0. The molecule has 0 amide bonds. The Kier molecular flexibility index (Phi) is 5.99. The molecule has 0 aliphatic rings. The summed E-state index contributed by atoms with van der Waals surface area (Å²) in [6.45, 7) is 8.73. The van der Waals surface area contributed by atoms with E-state index in [0.29, 0.717) is 5.15 Å². The summed E-state index contributed by atoms with van der Waals surface area (Å²) in [4.78, 5) is 8.95. The van der Waals surface area contributed by atoms with Crippen LogP contribution in [-0.4, -0.2) is 14.7 Å². The minimum absolute atomic E-state index is 0.226. The van der Waals surface area contributed by atoms with Crippen LogP contribution in [-0.2, 0) is 12.2 Å². The molecular weight excluding hydrogens is 367 g/mol. The third-order valence-corrected chi connectivity index (χ3v) is 5.04. The fourth-order valence-corrected chi connectivity index (χ4v) is 2.67. The average Bonchev–Trinajstić information content (AvgIpc) is 2.21. The molecule has 0 unspecified atom stereocenters. The average molecular weight is 385 g/mol. The molecule has 0 fully saturated rings. The van der Waals surface area contributed by atoms with E-state index in [1.54, 1.807) is 0 Å². The maximum Gasteiger partial charge on any atom is 0.146 e. The van der Waals surface area contributed by atoms with Crippen LogP contribution >= 0.6 is 46.0 Å². The lowest BCUT2D eigenvalue weighted by atomic mass is 10.2. The van der Waals surface area contributed by atoms with Crippen LogP contribution in [0.3, 0.4) is 0 Å². The highest BCUT2D eigenvalue weighted by Crippen LogP contribution is 2.27. The van der Waals surface area contributed by atoms with Crippen molar-refractivity contribution in [2.24, 2.45) is 0 Å². The Labute approximate surface area is 126 Å². The van der Waals surface area contributed by atoms with Crippen molar-refractivity contribution < 1.29 is 0 Å². The van der Waals surface area contributed by atoms with Gasteiger partial charge in [-0.3, -0.25) is 0 Å². The second kappa shape index (κ2) is 6.57. The summed E-state index contributed by atoms with van der Waals surface area (Å²) in [5, 5.41) is 0.591. The number of hydrogen-bond donors (Lipinski definition) is 0. The molecule has 0 N–H and O–H groups in total. The van der Waals surface area contributed by atoms with Gasteiger partial charge in [-0.05, 0) is 29.0 Å². The van der Waals surface area contributed by atoms with Crippen molar-refractivity contribution in [2.75, 3.05) is 0 Å². The van der Waals surface area contributed by atoms with Crippen LogP contribution in [0.4, 0.5) is 0 Å². The first-order valence-corrected chi connectivity index (χ1v) is 8.12. The Morgan fingerprint density at radius 3 is 2.47 bits per heavy atom. The zero-order valence-corrected chi connectivity index (χ0v) is 14.4. The number of halogens is 2. The van der Waals surface area contributed by atoms with Crippen molar-refractivity contribution in [1.82, 2.24) is 9.97 Å². The van der Waals surface area contributed by atoms with Gasteiger partial charge in [0.05, 0.1) is 15.0 Å². The van der Waals surface area contributed by atoms with Crippen molar-refractivity contribution >= 4 is 46.0 Å². The summed E-state index contributed by atoms with van der Waals surface area (Å²) >= 11 is 10.2.